The quantitative estimate of drug-likeness (QED) is 0.484. The first-order chi connectivity index (χ1) is 8.99. The molecule has 19 heavy (non-hydrogen) atoms. The lowest BCUT2D eigenvalue weighted by Gasteiger charge is -2.37. The van der Waals surface area contributed by atoms with Gasteiger partial charge in [-0.15, -0.1) is 0 Å². The molecular weight excluding hydrogens is 268 g/mol. The predicted molar refractivity (Wildman–Crippen MR) is 74.8 cm³/mol. The Labute approximate surface area is 117 Å². The number of pyridine rings is 1. The summed E-state index contributed by atoms with van der Waals surface area (Å²) >= 11 is 5.85. The second kappa shape index (κ2) is 5.71. The Morgan fingerprint density at radius 3 is 2.47 bits per heavy atom. The lowest BCUT2D eigenvalue weighted by Crippen LogP contribution is -2.49. The van der Waals surface area contributed by atoms with Crippen LogP contribution < -0.4 is 4.90 Å². The zero-order valence-electron chi connectivity index (χ0n) is 11.0. The van der Waals surface area contributed by atoms with Crippen LogP contribution in [0.1, 0.15) is 13.8 Å². The molecule has 2 rings (SSSR count). The van der Waals surface area contributed by atoms with Crippen LogP contribution in [0.3, 0.4) is 0 Å². The van der Waals surface area contributed by atoms with Gasteiger partial charge in [0.1, 0.15) is 5.15 Å². The zero-order valence-corrected chi connectivity index (χ0v) is 11.8. The smallest absolute Gasteiger partial charge is 0.311 e. The third-order valence-corrected chi connectivity index (χ3v) is 3.57. The van der Waals surface area contributed by atoms with Crippen LogP contribution in [0.2, 0.25) is 5.15 Å². The van der Waals surface area contributed by atoms with Gasteiger partial charge >= 0.3 is 5.69 Å². The molecule has 104 valence electrons. The highest BCUT2D eigenvalue weighted by atomic mass is 35.5. The van der Waals surface area contributed by atoms with Crippen LogP contribution in [0.4, 0.5) is 11.5 Å². The number of rotatable bonds is 3. The number of piperazine rings is 1. The van der Waals surface area contributed by atoms with Gasteiger partial charge in [-0.25, -0.2) is 4.98 Å². The van der Waals surface area contributed by atoms with E-state index in [0.29, 0.717) is 11.9 Å². The van der Waals surface area contributed by atoms with E-state index in [1.54, 1.807) is 0 Å². The molecule has 0 radical (unpaired) electrons. The number of nitrogens with zero attached hydrogens (tertiary/aromatic N) is 4. The van der Waals surface area contributed by atoms with E-state index in [4.69, 9.17) is 11.6 Å². The Bertz CT molecular complexity index is 473. The summed E-state index contributed by atoms with van der Waals surface area (Å²) < 4.78 is 0. The third kappa shape index (κ3) is 3.13. The standard InChI is InChI=1S/C12H17ClN4O2/c1-9(2)15-5-7-16(8-6-15)12-10(17(18)19)3-4-11(13)14-12/h3-4,9H,5-8H2,1-2H3. The van der Waals surface area contributed by atoms with Crippen molar-refractivity contribution in [2.75, 3.05) is 31.1 Å². The molecule has 0 aromatic carbocycles. The van der Waals surface area contributed by atoms with E-state index in [1.807, 2.05) is 4.90 Å². The topological polar surface area (TPSA) is 62.5 Å². The second-order valence-corrected chi connectivity index (χ2v) is 5.24. The van der Waals surface area contributed by atoms with Crippen LogP contribution >= 0.6 is 11.6 Å². The minimum Gasteiger partial charge on any atom is -0.348 e. The highest BCUT2D eigenvalue weighted by molar-refractivity contribution is 6.29. The van der Waals surface area contributed by atoms with Crippen molar-refractivity contribution in [3.05, 3.63) is 27.4 Å². The summed E-state index contributed by atoms with van der Waals surface area (Å²) in [5, 5.41) is 11.3. The summed E-state index contributed by atoms with van der Waals surface area (Å²) in [5.74, 6) is 0.376. The maximum Gasteiger partial charge on any atom is 0.311 e. The first kappa shape index (κ1) is 14.0. The van der Waals surface area contributed by atoms with Crippen molar-refractivity contribution in [1.82, 2.24) is 9.88 Å². The van der Waals surface area contributed by atoms with Gasteiger partial charge in [0.2, 0.25) is 5.82 Å². The number of hydrogen-bond acceptors (Lipinski definition) is 5. The van der Waals surface area contributed by atoms with E-state index >= 15 is 0 Å². The van der Waals surface area contributed by atoms with Gasteiger partial charge in [0.05, 0.1) is 4.92 Å². The van der Waals surface area contributed by atoms with Crippen LogP contribution in [0.5, 0.6) is 0 Å². The monoisotopic (exact) mass is 284 g/mol. The molecule has 0 unspecified atom stereocenters. The van der Waals surface area contributed by atoms with Crippen molar-refractivity contribution in [1.29, 1.82) is 0 Å². The maximum atomic E-state index is 11.0. The summed E-state index contributed by atoms with van der Waals surface area (Å²) in [5.41, 5.74) is 0.0161. The van der Waals surface area contributed by atoms with Crippen molar-refractivity contribution in [2.24, 2.45) is 0 Å². The summed E-state index contributed by atoms with van der Waals surface area (Å²) in [6.45, 7) is 7.51. The molecule has 0 bridgehead atoms. The van der Waals surface area contributed by atoms with Crippen molar-refractivity contribution < 1.29 is 4.92 Å². The molecule has 0 atom stereocenters. The predicted octanol–water partition coefficient (Wildman–Crippen LogP) is 2.17. The van der Waals surface area contributed by atoms with Crippen molar-refractivity contribution >= 4 is 23.1 Å². The maximum absolute atomic E-state index is 11.0. The molecule has 1 aromatic heterocycles. The van der Waals surface area contributed by atoms with Crippen LogP contribution in [0, 0.1) is 10.1 Å². The van der Waals surface area contributed by atoms with Crippen molar-refractivity contribution in [2.45, 2.75) is 19.9 Å². The highest BCUT2D eigenvalue weighted by Crippen LogP contribution is 2.28. The van der Waals surface area contributed by atoms with E-state index in [0.717, 1.165) is 26.2 Å². The molecule has 1 saturated heterocycles. The molecular formula is C12H17ClN4O2. The minimum absolute atomic E-state index is 0.0161. The molecule has 7 heteroatoms. The molecule has 1 aliphatic rings. The molecule has 0 saturated carbocycles. The van der Waals surface area contributed by atoms with Gasteiger partial charge in [-0.05, 0) is 19.9 Å². The SMILES string of the molecule is CC(C)N1CCN(c2nc(Cl)ccc2[N+](=O)[O-])CC1. The van der Waals surface area contributed by atoms with Gasteiger partial charge in [0.15, 0.2) is 0 Å². The Hall–Kier alpha value is -1.40. The molecule has 0 amide bonds. The van der Waals surface area contributed by atoms with E-state index in [2.05, 4.69) is 23.7 Å². The van der Waals surface area contributed by atoms with Crippen LogP contribution in [-0.2, 0) is 0 Å². The summed E-state index contributed by atoms with van der Waals surface area (Å²) in [4.78, 5) is 19.0. The van der Waals surface area contributed by atoms with Gasteiger partial charge in [0.25, 0.3) is 0 Å². The second-order valence-electron chi connectivity index (χ2n) is 4.85. The molecule has 0 N–H and O–H groups in total. The van der Waals surface area contributed by atoms with Crippen molar-refractivity contribution in [3.8, 4) is 0 Å². The fourth-order valence-electron chi connectivity index (χ4n) is 2.24. The molecule has 6 nitrogen and oxygen atoms in total. The van der Waals surface area contributed by atoms with Crippen LogP contribution in [0.15, 0.2) is 12.1 Å². The number of nitro groups is 1. The molecule has 1 aromatic rings. The molecule has 0 spiro atoms. The summed E-state index contributed by atoms with van der Waals surface area (Å²) in [7, 11) is 0. The average Bonchev–Trinajstić information content (AvgIpc) is 2.38. The molecule has 2 heterocycles. The van der Waals surface area contributed by atoms with E-state index in [9.17, 15) is 10.1 Å². The largest absolute Gasteiger partial charge is 0.348 e. The van der Waals surface area contributed by atoms with E-state index in [-0.39, 0.29) is 10.8 Å². The zero-order chi connectivity index (χ0) is 14.0. The van der Waals surface area contributed by atoms with E-state index < -0.39 is 4.92 Å². The van der Waals surface area contributed by atoms with E-state index in [1.165, 1.54) is 12.1 Å². The van der Waals surface area contributed by atoms with Gasteiger partial charge in [-0.3, -0.25) is 15.0 Å². The van der Waals surface area contributed by atoms with Crippen LogP contribution in [0.25, 0.3) is 0 Å². The first-order valence-corrected chi connectivity index (χ1v) is 6.67. The lowest BCUT2D eigenvalue weighted by molar-refractivity contribution is -0.384. The normalized spacial score (nSPS) is 16.9. The Morgan fingerprint density at radius 1 is 1.32 bits per heavy atom. The van der Waals surface area contributed by atoms with Gasteiger partial charge < -0.3 is 4.90 Å². The van der Waals surface area contributed by atoms with Gasteiger partial charge in [-0.2, -0.15) is 0 Å². The van der Waals surface area contributed by atoms with Gasteiger partial charge in [0, 0.05) is 38.3 Å². The first-order valence-electron chi connectivity index (χ1n) is 6.29. The third-order valence-electron chi connectivity index (χ3n) is 3.36. The lowest BCUT2D eigenvalue weighted by atomic mass is 10.2. The highest BCUT2D eigenvalue weighted by Gasteiger charge is 2.26. The fourth-order valence-corrected chi connectivity index (χ4v) is 2.39. The molecule has 1 aliphatic heterocycles. The fraction of sp³-hybridized carbons (Fsp3) is 0.583. The minimum atomic E-state index is -0.409. The van der Waals surface area contributed by atoms with Crippen molar-refractivity contribution in [3.63, 3.8) is 0 Å². The average molecular weight is 285 g/mol. The van der Waals surface area contributed by atoms with Gasteiger partial charge in [-0.1, -0.05) is 11.6 Å². The Morgan fingerprint density at radius 2 is 1.95 bits per heavy atom. The molecule has 0 aliphatic carbocycles. The number of aromatic nitrogens is 1. The number of anilines is 1. The number of halogens is 1. The molecule has 1 fully saturated rings. The Balaban J connectivity index is 2.19. The van der Waals surface area contributed by atoms with Crippen LogP contribution in [-0.4, -0.2) is 47.0 Å². The summed E-state index contributed by atoms with van der Waals surface area (Å²) in [6, 6.07) is 3.36. The summed E-state index contributed by atoms with van der Waals surface area (Å²) in [6.07, 6.45) is 0. The Kier molecular flexibility index (Phi) is 4.21. The number of hydrogen-bond donors (Lipinski definition) is 0.